The van der Waals surface area contributed by atoms with Crippen LogP contribution in [0.4, 0.5) is 4.39 Å². The molecule has 0 saturated carbocycles. The Bertz CT molecular complexity index is 389. The monoisotopic (exact) mass is 258 g/mol. The topological polar surface area (TPSA) is 44.3 Å². The minimum Gasteiger partial charge on any atom is -0.391 e. The Morgan fingerprint density at radius 3 is 2.94 bits per heavy atom. The number of rotatable bonds is 4. The summed E-state index contributed by atoms with van der Waals surface area (Å²) in [5.41, 5.74) is 0.869. The van der Waals surface area contributed by atoms with Crippen molar-refractivity contribution in [1.82, 2.24) is 10.6 Å². The van der Waals surface area contributed by atoms with Crippen molar-refractivity contribution in [2.75, 3.05) is 19.6 Å². The molecule has 1 aromatic rings. The molecule has 17 heavy (non-hydrogen) atoms. The number of β-amino-alcohol motifs (C(OH)–C–C–N with tert-alkyl or cyclic N) is 1. The van der Waals surface area contributed by atoms with E-state index in [4.69, 9.17) is 11.6 Å². The van der Waals surface area contributed by atoms with Crippen molar-refractivity contribution in [3.05, 3.63) is 34.6 Å². The van der Waals surface area contributed by atoms with Crippen molar-refractivity contribution in [2.45, 2.75) is 12.6 Å². The lowest BCUT2D eigenvalue weighted by Crippen LogP contribution is -2.30. The van der Waals surface area contributed by atoms with Crippen LogP contribution in [0, 0.1) is 11.7 Å². The molecule has 2 unspecified atom stereocenters. The lowest BCUT2D eigenvalue weighted by molar-refractivity contribution is 0.146. The Labute approximate surface area is 105 Å². The van der Waals surface area contributed by atoms with Crippen LogP contribution in [-0.4, -0.2) is 30.8 Å². The molecule has 1 aromatic carbocycles. The highest BCUT2D eigenvalue weighted by Gasteiger charge is 2.24. The van der Waals surface area contributed by atoms with E-state index in [1.807, 2.05) is 0 Å². The summed E-state index contributed by atoms with van der Waals surface area (Å²) in [5.74, 6) is -0.0941. The summed E-state index contributed by atoms with van der Waals surface area (Å²) in [4.78, 5) is 0. The van der Waals surface area contributed by atoms with Crippen molar-refractivity contribution in [1.29, 1.82) is 0 Å². The second-order valence-corrected chi connectivity index (χ2v) is 4.76. The third-order valence-electron chi connectivity index (χ3n) is 3.04. The van der Waals surface area contributed by atoms with Crippen LogP contribution in [-0.2, 0) is 6.54 Å². The normalized spacial score (nSPS) is 24.2. The van der Waals surface area contributed by atoms with Gasteiger partial charge in [-0.05, 0) is 17.7 Å². The molecule has 0 aromatic heterocycles. The van der Waals surface area contributed by atoms with Crippen LogP contribution in [0.25, 0.3) is 0 Å². The summed E-state index contributed by atoms with van der Waals surface area (Å²) < 4.78 is 12.8. The second-order valence-electron chi connectivity index (χ2n) is 4.35. The van der Waals surface area contributed by atoms with Gasteiger partial charge in [0.2, 0.25) is 0 Å². The number of nitrogens with one attached hydrogen (secondary N) is 2. The predicted molar refractivity (Wildman–Crippen MR) is 65.5 cm³/mol. The van der Waals surface area contributed by atoms with Crippen LogP contribution in [0.3, 0.4) is 0 Å². The van der Waals surface area contributed by atoms with Gasteiger partial charge in [0, 0.05) is 37.1 Å². The zero-order valence-corrected chi connectivity index (χ0v) is 10.2. The number of hydrogen-bond donors (Lipinski definition) is 3. The van der Waals surface area contributed by atoms with Gasteiger partial charge in [0.15, 0.2) is 0 Å². The third kappa shape index (κ3) is 3.39. The third-order valence-corrected chi connectivity index (χ3v) is 3.39. The summed E-state index contributed by atoms with van der Waals surface area (Å²) >= 11 is 5.91. The highest BCUT2D eigenvalue weighted by Crippen LogP contribution is 2.17. The molecule has 3 nitrogen and oxygen atoms in total. The van der Waals surface area contributed by atoms with E-state index >= 15 is 0 Å². The van der Waals surface area contributed by atoms with Crippen molar-refractivity contribution >= 4 is 11.6 Å². The maximum Gasteiger partial charge on any atom is 0.124 e. The summed E-state index contributed by atoms with van der Waals surface area (Å²) in [6.45, 7) is 2.79. The average molecular weight is 259 g/mol. The largest absolute Gasteiger partial charge is 0.391 e. The first-order valence-electron chi connectivity index (χ1n) is 5.70. The van der Waals surface area contributed by atoms with E-state index in [0.717, 1.165) is 18.7 Å². The molecule has 1 saturated heterocycles. The van der Waals surface area contributed by atoms with Crippen molar-refractivity contribution < 1.29 is 9.50 Å². The van der Waals surface area contributed by atoms with Crippen LogP contribution in [0.15, 0.2) is 18.2 Å². The van der Waals surface area contributed by atoms with E-state index in [9.17, 15) is 9.50 Å². The first kappa shape index (κ1) is 12.8. The molecular formula is C12H16ClFN2O. The Morgan fingerprint density at radius 2 is 2.29 bits per heavy atom. The van der Waals surface area contributed by atoms with Gasteiger partial charge in [0.25, 0.3) is 0 Å². The van der Waals surface area contributed by atoms with Crippen LogP contribution < -0.4 is 10.6 Å². The fraction of sp³-hybridized carbons (Fsp3) is 0.500. The van der Waals surface area contributed by atoms with E-state index < -0.39 is 0 Å². The van der Waals surface area contributed by atoms with Gasteiger partial charge in [-0.2, -0.15) is 0 Å². The first-order chi connectivity index (χ1) is 8.16. The molecule has 1 aliphatic rings. The highest BCUT2D eigenvalue weighted by molar-refractivity contribution is 6.31. The maximum absolute atomic E-state index is 12.8. The maximum atomic E-state index is 12.8. The number of halogens is 2. The molecule has 0 aliphatic carbocycles. The molecule has 1 aliphatic heterocycles. The molecule has 5 heteroatoms. The van der Waals surface area contributed by atoms with Crippen LogP contribution in [0.1, 0.15) is 5.56 Å². The van der Waals surface area contributed by atoms with E-state index in [1.165, 1.54) is 12.1 Å². The molecule has 0 bridgehead atoms. The van der Waals surface area contributed by atoms with E-state index in [0.29, 0.717) is 18.1 Å². The van der Waals surface area contributed by atoms with Gasteiger partial charge in [0.1, 0.15) is 5.82 Å². The molecule has 1 fully saturated rings. The summed E-state index contributed by atoms with van der Waals surface area (Å²) in [6, 6.07) is 4.38. The number of hydrogen-bond acceptors (Lipinski definition) is 3. The molecule has 2 atom stereocenters. The Balaban J connectivity index is 1.81. The highest BCUT2D eigenvalue weighted by atomic mass is 35.5. The minimum atomic E-state index is -0.325. The molecule has 0 spiro atoms. The molecule has 2 rings (SSSR count). The van der Waals surface area contributed by atoms with E-state index in [1.54, 1.807) is 6.07 Å². The van der Waals surface area contributed by atoms with Gasteiger partial charge in [0.05, 0.1) is 6.10 Å². The van der Waals surface area contributed by atoms with Gasteiger partial charge >= 0.3 is 0 Å². The minimum absolute atomic E-state index is 0.231. The molecule has 1 heterocycles. The molecule has 0 amide bonds. The van der Waals surface area contributed by atoms with Gasteiger partial charge in [-0.15, -0.1) is 0 Å². The van der Waals surface area contributed by atoms with Crippen molar-refractivity contribution in [3.8, 4) is 0 Å². The lowest BCUT2D eigenvalue weighted by Gasteiger charge is -2.14. The number of aliphatic hydroxyl groups excluding tert-OH is 1. The summed E-state index contributed by atoms with van der Waals surface area (Å²) in [7, 11) is 0. The van der Waals surface area contributed by atoms with Crippen LogP contribution in [0.2, 0.25) is 5.02 Å². The fourth-order valence-electron chi connectivity index (χ4n) is 1.98. The van der Waals surface area contributed by atoms with Crippen LogP contribution >= 0.6 is 11.6 Å². The summed E-state index contributed by atoms with van der Waals surface area (Å²) in [6.07, 6.45) is -0.286. The average Bonchev–Trinajstić information content (AvgIpc) is 2.68. The number of aliphatic hydroxyl groups is 1. The van der Waals surface area contributed by atoms with Gasteiger partial charge in [-0.1, -0.05) is 17.7 Å². The molecule has 3 N–H and O–H groups in total. The molecule has 94 valence electrons. The first-order valence-corrected chi connectivity index (χ1v) is 6.08. The van der Waals surface area contributed by atoms with Gasteiger partial charge in [-0.3, -0.25) is 0 Å². The SMILES string of the molecule is OC1CNCC1CNCc1ccc(F)cc1Cl. The van der Waals surface area contributed by atoms with Crippen LogP contribution in [0.5, 0.6) is 0 Å². The van der Waals surface area contributed by atoms with Crippen molar-refractivity contribution in [2.24, 2.45) is 5.92 Å². The predicted octanol–water partition coefficient (Wildman–Crippen LogP) is 1.15. The quantitative estimate of drug-likeness (QED) is 0.759. The Morgan fingerprint density at radius 1 is 1.47 bits per heavy atom. The fourth-order valence-corrected chi connectivity index (χ4v) is 2.22. The standard InChI is InChI=1S/C12H16ClFN2O/c13-11-3-10(14)2-1-8(11)4-15-5-9-6-16-7-12(9)17/h1-3,9,12,15-17H,4-7H2. The van der Waals surface area contributed by atoms with E-state index in [-0.39, 0.29) is 17.8 Å². The van der Waals surface area contributed by atoms with Crippen molar-refractivity contribution in [3.63, 3.8) is 0 Å². The van der Waals surface area contributed by atoms with E-state index in [2.05, 4.69) is 10.6 Å². The lowest BCUT2D eigenvalue weighted by atomic mass is 10.1. The summed E-state index contributed by atoms with van der Waals surface area (Å²) in [5, 5.41) is 16.4. The Kier molecular flexibility index (Phi) is 4.34. The smallest absolute Gasteiger partial charge is 0.124 e. The molecule has 0 radical (unpaired) electrons. The van der Waals surface area contributed by atoms with Gasteiger partial charge < -0.3 is 15.7 Å². The second kappa shape index (κ2) is 5.78. The number of benzene rings is 1. The Hall–Kier alpha value is -0.680. The zero-order valence-electron chi connectivity index (χ0n) is 9.42. The molecular weight excluding hydrogens is 243 g/mol. The zero-order chi connectivity index (χ0) is 12.3. The van der Waals surface area contributed by atoms with Gasteiger partial charge in [-0.25, -0.2) is 4.39 Å².